The van der Waals surface area contributed by atoms with E-state index in [-0.39, 0.29) is 5.91 Å². The van der Waals surface area contributed by atoms with Gasteiger partial charge in [-0.15, -0.1) is 11.8 Å². The lowest BCUT2D eigenvalue weighted by molar-refractivity contribution is -0.124. The van der Waals surface area contributed by atoms with Gasteiger partial charge in [0, 0.05) is 37.0 Å². The number of hydrogen-bond donors (Lipinski definition) is 0. The number of amides is 1. The molecule has 0 unspecified atom stereocenters. The van der Waals surface area contributed by atoms with E-state index in [4.69, 9.17) is 0 Å². The zero-order chi connectivity index (χ0) is 15.8. The van der Waals surface area contributed by atoms with Crippen molar-refractivity contribution in [2.75, 3.05) is 19.8 Å². The number of thioether (sulfide) groups is 1. The molecule has 4 heteroatoms. The lowest BCUT2D eigenvalue weighted by Gasteiger charge is -2.15. The van der Waals surface area contributed by atoms with Gasteiger partial charge in [-0.3, -0.25) is 9.78 Å². The van der Waals surface area contributed by atoms with Gasteiger partial charge in [-0.05, 0) is 48.1 Å². The Bertz CT molecular complexity index is 623. The lowest BCUT2D eigenvalue weighted by Crippen LogP contribution is -2.27. The molecule has 0 saturated heterocycles. The summed E-state index contributed by atoms with van der Waals surface area (Å²) in [5.74, 6) is 0.00425. The molecular formula is C18H20N2OS. The van der Waals surface area contributed by atoms with Crippen molar-refractivity contribution >= 4 is 23.7 Å². The third-order valence-corrected chi connectivity index (χ3v) is 4.12. The number of carbonyl (C=O) groups is 1. The molecule has 1 aromatic carbocycles. The third-order valence-electron chi connectivity index (χ3n) is 3.37. The molecule has 0 N–H and O–H groups in total. The van der Waals surface area contributed by atoms with E-state index in [1.165, 1.54) is 10.5 Å². The van der Waals surface area contributed by atoms with Crippen molar-refractivity contribution < 1.29 is 4.79 Å². The predicted molar refractivity (Wildman–Crippen MR) is 92.8 cm³/mol. The summed E-state index contributed by atoms with van der Waals surface area (Å²) in [6.07, 6.45) is 9.76. The number of carbonyl (C=O) groups excluding carboxylic acids is 1. The van der Waals surface area contributed by atoms with E-state index in [0.717, 1.165) is 12.0 Å². The van der Waals surface area contributed by atoms with E-state index in [1.54, 1.807) is 41.2 Å². The van der Waals surface area contributed by atoms with Crippen molar-refractivity contribution in [2.24, 2.45) is 0 Å². The second kappa shape index (κ2) is 8.39. The molecule has 22 heavy (non-hydrogen) atoms. The van der Waals surface area contributed by atoms with Crippen LogP contribution in [-0.4, -0.2) is 35.6 Å². The minimum Gasteiger partial charge on any atom is -0.342 e. The minimum absolute atomic E-state index is 0.00425. The van der Waals surface area contributed by atoms with Gasteiger partial charge in [0.25, 0.3) is 0 Å². The summed E-state index contributed by atoms with van der Waals surface area (Å²) in [6.45, 7) is 0.703. The summed E-state index contributed by atoms with van der Waals surface area (Å²) in [6, 6.07) is 12.2. The van der Waals surface area contributed by atoms with Gasteiger partial charge in [0.1, 0.15) is 0 Å². The number of rotatable bonds is 6. The molecule has 0 fully saturated rings. The van der Waals surface area contributed by atoms with Crippen LogP contribution in [0.5, 0.6) is 0 Å². The van der Waals surface area contributed by atoms with Crippen LogP contribution in [-0.2, 0) is 11.2 Å². The molecule has 0 atom stereocenters. The first-order valence-corrected chi connectivity index (χ1v) is 8.37. The molecule has 2 rings (SSSR count). The van der Waals surface area contributed by atoms with E-state index in [1.807, 2.05) is 19.2 Å². The van der Waals surface area contributed by atoms with Crippen molar-refractivity contribution in [3.8, 4) is 0 Å². The Labute approximate surface area is 136 Å². The predicted octanol–water partition coefficient (Wildman–Crippen LogP) is 3.52. The van der Waals surface area contributed by atoms with Crippen LogP contribution in [0.15, 0.2) is 59.8 Å². The molecule has 0 spiro atoms. The van der Waals surface area contributed by atoms with Gasteiger partial charge in [0.05, 0.1) is 0 Å². The number of hydrogen-bond acceptors (Lipinski definition) is 3. The summed E-state index contributed by atoms with van der Waals surface area (Å²) in [7, 11) is 1.83. The monoisotopic (exact) mass is 312 g/mol. The summed E-state index contributed by atoms with van der Waals surface area (Å²) in [5.41, 5.74) is 2.17. The number of benzene rings is 1. The number of likely N-dealkylation sites (N-methyl/N-ethyl adjacent to an activating group) is 1. The Kier molecular flexibility index (Phi) is 6.22. The molecular weight excluding hydrogens is 292 g/mol. The highest BCUT2D eigenvalue weighted by molar-refractivity contribution is 7.98. The normalized spacial score (nSPS) is 10.8. The average molecular weight is 312 g/mol. The molecule has 0 aliphatic rings. The molecule has 0 radical (unpaired) electrons. The van der Waals surface area contributed by atoms with Gasteiger partial charge in [0.2, 0.25) is 5.91 Å². The maximum Gasteiger partial charge on any atom is 0.246 e. The van der Waals surface area contributed by atoms with Crippen molar-refractivity contribution in [3.05, 3.63) is 66.0 Å². The molecule has 3 nitrogen and oxygen atoms in total. The standard InChI is InChI=1S/C18H20N2OS/c1-20(13-11-15-5-8-17(22-2)9-6-15)18(21)10-7-16-4-3-12-19-14-16/h3-10,12,14H,11,13H2,1-2H3/b10-7+. The second-order valence-electron chi connectivity index (χ2n) is 4.98. The van der Waals surface area contributed by atoms with Crippen molar-refractivity contribution in [2.45, 2.75) is 11.3 Å². The summed E-state index contributed by atoms with van der Waals surface area (Å²) in [5, 5.41) is 0. The number of pyridine rings is 1. The van der Waals surface area contributed by atoms with Crippen molar-refractivity contribution in [3.63, 3.8) is 0 Å². The fourth-order valence-electron chi connectivity index (χ4n) is 1.97. The van der Waals surface area contributed by atoms with Gasteiger partial charge >= 0.3 is 0 Å². The molecule has 0 bridgehead atoms. The molecule has 0 saturated carbocycles. The Morgan fingerprint density at radius 2 is 2.05 bits per heavy atom. The molecule has 114 valence electrons. The first kappa shape index (κ1) is 16.3. The molecule has 0 aliphatic heterocycles. The molecule has 2 aromatic rings. The summed E-state index contributed by atoms with van der Waals surface area (Å²) >= 11 is 1.73. The van der Waals surface area contributed by atoms with E-state index in [9.17, 15) is 4.79 Å². The zero-order valence-corrected chi connectivity index (χ0v) is 13.7. The van der Waals surface area contributed by atoms with Crippen molar-refractivity contribution in [1.82, 2.24) is 9.88 Å². The molecule has 1 aromatic heterocycles. The molecule has 1 amide bonds. The van der Waals surface area contributed by atoms with E-state index in [2.05, 4.69) is 35.5 Å². The SMILES string of the molecule is CSc1ccc(CCN(C)C(=O)/C=C/c2cccnc2)cc1. The van der Waals surface area contributed by atoms with Crippen LogP contribution >= 0.6 is 11.8 Å². The highest BCUT2D eigenvalue weighted by Gasteiger charge is 2.05. The van der Waals surface area contributed by atoms with Crippen LogP contribution in [0.3, 0.4) is 0 Å². The Hall–Kier alpha value is -2.07. The smallest absolute Gasteiger partial charge is 0.246 e. The summed E-state index contributed by atoms with van der Waals surface area (Å²) in [4.78, 5) is 19.1. The summed E-state index contributed by atoms with van der Waals surface area (Å²) < 4.78 is 0. The highest BCUT2D eigenvalue weighted by Crippen LogP contribution is 2.15. The minimum atomic E-state index is 0.00425. The van der Waals surface area contributed by atoms with Gasteiger partial charge in [-0.2, -0.15) is 0 Å². The third kappa shape index (κ3) is 5.04. The maximum absolute atomic E-state index is 12.1. The first-order chi connectivity index (χ1) is 10.7. The van der Waals surface area contributed by atoms with E-state index in [0.29, 0.717) is 6.54 Å². The zero-order valence-electron chi connectivity index (χ0n) is 12.9. The van der Waals surface area contributed by atoms with Crippen LogP contribution in [0.1, 0.15) is 11.1 Å². The average Bonchev–Trinajstić information content (AvgIpc) is 2.58. The van der Waals surface area contributed by atoms with Crippen LogP contribution in [0.25, 0.3) is 6.08 Å². The topological polar surface area (TPSA) is 33.2 Å². The fraction of sp³-hybridized carbons (Fsp3) is 0.222. The van der Waals surface area contributed by atoms with Crippen molar-refractivity contribution in [1.29, 1.82) is 0 Å². The van der Waals surface area contributed by atoms with Gasteiger partial charge < -0.3 is 4.90 Å². The lowest BCUT2D eigenvalue weighted by atomic mass is 10.1. The van der Waals surface area contributed by atoms with Crippen LogP contribution < -0.4 is 0 Å². The Balaban J connectivity index is 1.84. The molecule has 1 heterocycles. The molecule has 0 aliphatic carbocycles. The Morgan fingerprint density at radius 1 is 1.27 bits per heavy atom. The van der Waals surface area contributed by atoms with Crippen LogP contribution in [0.2, 0.25) is 0 Å². The Morgan fingerprint density at radius 3 is 2.68 bits per heavy atom. The van der Waals surface area contributed by atoms with E-state index >= 15 is 0 Å². The maximum atomic E-state index is 12.1. The second-order valence-corrected chi connectivity index (χ2v) is 5.86. The fourth-order valence-corrected chi connectivity index (χ4v) is 2.38. The quantitative estimate of drug-likeness (QED) is 0.604. The van der Waals surface area contributed by atoms with Gasteiger partial charge in [-0.25, -0.2) is 0 Å². The number of aromatic nitrogens is 1. The number of nitrogens with zero attached hydrogens (tertiary/aromatic N) is 2. The largest absolute Gasteiger partial charge is 0.342 e. The van der Waals surface area contributed by atoms with Gasteiger partial charge in [-0.1, -0.05) is 18.2 Å². The van der Waals surface area contributed by atoms with Gasteiger partial charge in [0.15, 0.2) is 0 Å². The van der Waals surface area contributed by atoms with E-state index < -0.39 is 0 Å². The highest BCUT2D eigenvalue weighted by atomic mass is 32.2. The first-order valence-electron chi connectivity index (χ1n) is 7.15. The van der Waals surface area contributed by atoms with Crippen LogP contribution in [0, 0.1) is 0 Å². The van der Waals surface area contributed by atoms with Crippen LogP contribution in [0.4, 0.5) is 0 Å².